The van der Waals surface area contributed by atoms with Crippen molar-refractivity contribution >= 4 is 0 Å². The average Bonchev–Trinajstić information content (AvgIpc) is 2.20. The van der Waals surface area contributed by atoms with Crippen LogP contribution in [0.4, 0.5) is 0 Å². The van der Waals surface area contributed by atoms with E-state index >= 15 is 0 Å². The SMILES string of the molecule is CCC1(C)CN(CCC(C)C)C(C)(C)CN1. The summed E-state index contributed by atoms with van der Waals surface area (Å²) < 4.78 is 0. The lowest BCUT2D eigenvalue weighted by Crippen LogP contribution is -2.67. The predicted molar refractivity (Wildman–Crippen MR) is 71.8 cm³/mol. The third-order valence-corrected chi connectivity index (χ3v) is 4.10. The average molecular weight is 226 g/mol. The molecule has 1 saturated heterocycles. The minimum atomic E-state index is 0.309. The van der Waals surface area contributed by atoms with Crippen LogP contribution < -0.4 is 5.32 Å². The van der Waals surface area contributed by atoms with Crippen LogP contribution in [-0.2, 0) is 0 Å². The molecule has 2 nitrogen and oxygen atoms in total. The van der Waals surface area contributed by atoms with Crippen LogP contribution in [0.25, 0.3) is 0 Å². The first-order valence-corrected chi connectivity index (χ1v) is 6.79. The first kappa shape index (κ1) is 14.0. The number of nitrogens with zero attached hydrogens (tertiary/aromatic N) is 1. The van der Waals surface area contributed by atoms with Crippen molar-refractivity contribution in [3.05, 3.63) is 0 Å². The molecule has 1 N–H and O–H groups in total. The van der Waals surface area contributed by atoms with E-state index in [1.54, 1.807) is 0 Å². The molecule has 0 aromatic rings. The zero-order valence-corrected chi connectivity index (χ0v) is 12.1. The third kappa shape index (κ3) is 3.46. The van der Waals surface area contributed by atoms with Crippen LogP contribution in [0.2, 0.25) is 0 Å². The Hall–Kier alpha value is -0.0800. The standard InChI is InChI=1S/C14H30N2/c1-7-14(6)11-16(9-8-12(2)3)13(4,5)10-15-14/h12,15H,7-11H2,1-6H3. The molecule has 0 spiro atoms. The Morgan fingerprint density at radius 2 is 1.88 bits per heavy atom. The molecule has 0 aliphatic carbocycles. The highest BCUT2D eigenvalue weighted by Crippen LogP contribution is 2.26. The van der Waals surface area contributed by atoms with Crippen LogP contribution >= 0.6 is 0 Å². The first-order chi connectivity index (χ1) is 7.29. The van der Waals surface area contributed by atoms with Gasteiger partial charge in [0.15, 0.2) is 0 Å². The summed E-state index contributed by atoms with van der Waals surface area (Å²) >= 11 is 0. The molecule has 1 fully saturated rings. The quantitative estimate of drug-likeness (QED) is 0.793. The molecule has 96 valence electrons. The first-order valence-electron chi connectivity index (χ1n) is 6.79. The summed E-state index contributed by atoms with van der Waals surface area (Å²) in [5, 5.41) is 3.71. The van der Waals surface area contributed by atoms with Gasteiger partial charge in [-0.25, -0.2) is 0 Å². The predicted octanol–water partition coefficient (Wildman–Crippen LogP) is 2.89. The van der Waals surface area contributed by atoms with E-state index in [1.165, 1.54) is 25.9 Å². The molecule has 1 atom stereocenters. The molecule has 1 aliphatic heterocycles. The van der Waals surface area contributed by atoms with Crippen molar-refractivity contribution in [3.63, 3.8) is 0 Å². The second-order valence-corrected chi connectivity index (χ2v) is 6.68. The normalized spacial score (nSPS) is 30.9. The second-order valence-electron chi connectivity index (χ2n) is 6.68. The second kappa shape index (κ2) is 5.05. The van der Waals surface area contributed by atoms with E-state index < -0.39 is 0 Å². The van der Waals surface area contributed by atoms with E-state index in [9.17, 15) is 0 Å². The van der Waals surface area contributed by atoms with Gasteiger partial charge in [0.2, 0.25) is 0 Å². The zero-order chi connectivity index (χ0) is 12.4. The van der Waals surface area contributed by atoms with Crippen molar-refractivity contribution < 1.29 is 0 Å². The summed E-state index contributed by atoms with van der Waals surface area (Å²) in [5.41, 5.74) is 0.621. The van der Waals surface area contributed by atoms with Gasteiger partial charge in [0.05, 0.1) is 0 Å². The molecule has 0 saturated carbocycles. The number of hydrogen-bond donors (Lipinski definition) is 1. The van der Waals surface area contributed by atoms with Gasteiger partial charge in [-0.1, -0.05) is 20.8 Å². The van der Waals surface area contributed by atoms with Gasteiger partial charge in [0.1, 0.15) is 0 Å². The van der Waals surface area contributed by atoms with E-state index in [-0.39, 0.29) is 0 Å². The number of nitrogens with one attached hydrogen (secondary N) is 1. The van der Waals surface area contributed by atoms with Gasteiger partial charge >= 0.3 is 0 Å². The fourth-order valence-corrected chi connectivity index (χ4v) is 2.27. The molecule has 0 aromatic carbocycles. The lowest BCUT2D eigenvalue weighted by atomic mass is 9.88. The topological polar surface area (TPSA) is 15.3 Å². The van der Waals surface area contributed by atoms with Crippen molar-refractivity contribution in [2.24, 2.45) is 5.92 Å². The van der Waals surface area contributed by atoms with Crippen molar-refractivity contribution in [1.82, 2.24) is 10.2 Å². The van der Waals surface area contributed by atoms with Crippen LogP contribution in [0.15, 0.2) is 0 Å². The Balaban J connectivity index is 2.61. The van der Waals surface area contributed by atoms with Gasteiger partial charge in [0.25, 0.3) is 0 Å². The molecule has 0 bridgehead atoms. The molecule has 1 unspecified atom stereocenters. The summed E-state index contributed by atoms with van der Waals surface area (Å²) in [5.74, 6) is 0.804. The highest BCUT2D eigenvalue weighted by Gasteiger charge is 2.38. The van der Waals surface area contributed by atoms with Crippen LogP contribution in [0.1, 0.15) is 54.4 Å². The van der Waals surface area contributed by atoms with Gasteiger partial charge in [-0.05, 0) is 46.1 Å². The van der Waals surface area contributed by atoms with Gasteiger partial charge in [-0.2, -0.15) is 0 Å². The Morgan fingerprint density at radius 3 is 2.38 bits per heavy atom. The third-order valence-electron chi connectivity index (χ3n) is 4.10. The Morgan fingerprint density at radius 1 is 1.25 bits per heavy atom. The smallest absolute Gasteiger partial charge is 0.0278 e. The summed E-state index contributed by atoms with van der Waals surface area (Å²) in [4.78, 5) is 2.67. The molecule has 1 rings (SSSR count). The van der Waals surface area contributed by atoms with Crippen LogP contribution in [0.5, 0.6) is 0 Å². The van der Waals surface area contributed by atoms with Crippen molar-refractivity contribution in [1.29, 1.82) is 0 Å². The number of rotatable bonds is 4. The van der Waals surface area contributed by atoms with Gasteiger partial charge in [0, 0.05) is 24.2 Å². The van der Waals surface area contributed by atoms with Crippen molar-refractivity contribution in [3.8, 4) is 0 Å². The molecule has 0 radical (unpaired) electrons. The summed E-state index contributed by atoms with van der Waals surface area (Å²) in [6, 6.07) is 0. The highest BCUT2D eigenvalue weighted by molar-refractivity contribution is 4.98. The van der Waals surface area contributed by atoms with E-state index in [4.69, 9.17) is 0 Å². The molecular weight excluding hydrogens is 196 g/mol. The summed E-state index contributed by atoms with van der Waals surface area (Å²) in [6.07, 6.45) is 2.52. The van der Waals surface area contributed by atoms with E-state index in [1.807, 2.05) is 0 Å². The molecular formula is C14H30N2. The maximum absolute atomic E-state index is 3.71. The van der Waals surface area contributed by atoms with Crippen LogP contribution in [-0.4, -0.2) is 35.6 Å². The van der Waals surface area contributed by atoms with Crippen LogP contribution in [0.3, 0.4) is 0 Å². The minimum Gasteiger partial charge on any atom is -0.308 e. The zero-order valence-electron chi connectivity index (χ0n) is 12.1. The van der Waals surface area contributed by atoms with Crippen LogP contribution in [0, 0.1) is 5.92 Å². The van der Waals surface area contributed by atoms with Gasteiger partial charge in [-0.15, -0.1) is 0 Å². The number of hydrogen-bond acceptors (Lipinski definition) is 2. The number of piperazine rings is 1. The monoisotopic (exact) mass is 226 g/mol. The van der Waals surface area contributed by atoms with E-state index in [0.29, 0.717) is 11.1 Å². The summed E-state index contributed by atoms with van der Waals surface area (Å²) in [7, 11) is 0. The molecule has 1 aliphatic rings. The molecule has 0 amide bonds. The fraction of sp³-hybridized carbons (Fsp3) is 1.00. The maximum Gasteiger partial charge on any atom is 0.0278 e. The molecule has 2 heteroatoms. The largest absolute Gasteiger partial charge is 0.308 e. The Labute approximate surface area is 102 Å². The van der Waals surface area contributed by atoms with Crippen molar-refractivity contribution in [2.45, 2.75) is 65.5 Å². The Bertz CT molecular complexity index is 223. The van der Waals surface area contributed by atoms with Gasteiger partial charge in [-0.3, -0.25) is 4.90 Å². The summed E-state index contributed by atoms with van der Waals surface area (Å²) in [6.45, 7) is 17.5. The highest BCUT2D eigenvalue weighted by atomic mass is 15.3. The minimum absolute atomic E-state index is 0.309. The molecule has 1 heterocycles. The molecule has 16 heavy (non-hydrogen) atoms. The van der Waals surface area contributed by atoms with Crippen molar-refractivity contribution in [2.75, 3.05) is 19.6 Å². The van der Waals surface area contributed by atoms with Gasteiger partial charge < -0.3 is 5.32 Å². The Kier molecular flexibility index (Phi) is 4.42. The lowest BCUT2D eigenvalue weighted by molar-refractivity contribution is 0.0280. The van der Waals surface area contributed by atoms with E-state index in [0.717, 1.165) is 12.5 Å². The fourth-order valence-electron chi connectivity index (χ4n) is 2.27. The maximum atomic E-state index is 3.71. The lowest BCUT2D eigenvalue weighted by Gasteiger charge is -2.51. The molecule has 0 aromatic heterocycles. The van der Waals surface area contributed by atoms with E-state index in [2.05, 4.69) is 51.8 Å².